The molecule has 8 heteroatoms. The van der Waals surface area contributed by atoms with Gasteiger partial charge in [0.15, 0.2) is 5.78 Å². The number of carbonyl (C=O) groups is 1. The van der Waals surface area contributed by atoms with Crippen molar-refractivity contribution in [1.82, 2.24) is 5.32 Å². The molecule has 31 heavy (non-hydrogen) atoms. The van der Waals surface area contributed by atoms with Gasteiger partial charge in [0, 0.05) is 18.4 Å². The average Bonchev–Trinajstić information content (AvgIpc) is 3.22. The lowest BCUT2D eigenvalue weighted by Crippen LogP contribution is -2.18. The maximum Gasteiger partial charge on any atom is 0.241 e. The molecule has 0 unspecified atom stereocenters. The summed E-state index contributed by atoms with van der Waals surface area (Å²) in [6, 6.07) is 11.1. The molecule has 0 bridgehead atoms. The summed E-state index contributed by atoms with van der Waals surface area (Å²) in [7, 11) is -2.26. The number of fused-ring (bicyclic) bond motifs is 1. The van der Waals surface area contributed by atoms with Gasteiger partial charge in [0.1, 0.15) is 16.4 Å². The summed E-state index contributed by atoms with van der Waals surface area (Å²) in [5.41, 5.74) is 2.30. The van der Waals surface area contributed by atoms with Crippen molar-refractivity contribution in [2.24, 2.45) is 5.14 Å². The first-order valence-corrected chi connectivity index (χ1v) is 12.1. The Morgan fingerprint density at radius 2 is 1.97 bits per heavy atom. The van der Waals surface area contributed by atoms with E-state index in [0.29, 0.717) is 30.8 Å². The molecule has 1 heterocycles. The lowest BCUT2D eigenvalue weighted by Gasteiger charge is -2.10. The summed E-state index contributed by atoms with van der Waals surface area (Å²) in [5, 5.41) is 8.72. The van der Waals surface area contributed by atoms with Crippen molar-refractivity contribution in [2.45, 2.75) is 43.4 Å². The smallest absolute Gasteiger partial charge is 0.241 e. The van der Waals surface area contributed by atoms with Gasteiger partial charge in [0.05, 0.1) is 13.7 Å². The molecular formula is C23H30N2O5S. The summed E-state index contributed by atoms with van der Waals surface area (Å²) in [5.74, 6) is 1.13. The minimum atomic E-state index is -3.94. The molecule has 0 radical (unpaired) electrons. The number of primary sulfonamides is 1. The molecule has 1 aliphatic rings. The predicted octanol–water partition coefficient (Wildman–Crippen LogP) is 2.85. The molecule has 3 N–H and O–H groups in total. The van der Waals surface area contributed by atoms with Gasteiger partial charge in [-0.2, -0.15) is 0 Å². The van der Waals surface area contributed by atoms with Gasteiger partial charge in [-0.1, -0.05) is 24.6 Å². The Labute approximate surface area is 184 Å². The van der Waals surface area contributed by atoms with Crippen LogP contribution in [0.25, 0.3) is 0 Å². The number of Topliss-reactive ketones (excluding diaryl/α,β-unsaturated/α-hetero) is 1. The van der Waals surface area contributed by atoms with Gasteiger partial charge in [-0.05, 0) is 61.7 Å². The first kappa shape index (κ1) is 23.2. The van der Waals surface area contributed by atoms with Crippen molar-refractivity contribution in [2.75, 3.05) is 26.8 Å². The van der Waals surface area contributed by atoms with Crippen LogP contribution in [0.15, 0.2) is 41.3 Å². The number of nitrogens with two attached hydrogens (primary N) is 1. The maximum absolute atomic E-state index is 12.6. The topological polar surface area (TPSA) is 108 Å². The number of nitrogens with one attached hydrogen (secondary N) is 1. The van der Waals surface area contributed by atoms with Crippen molar-refractivity contribution >= 4 is 15.8 Å². The molecule has 0 fully saturated rings. The van der Waals surface area contributed by atoms with Crippen LogP contribution >= 0.6 is 0 Å². The zero-order valence-electron chi connectivity index (χ0n) is 17.9. The fourth-order valence-electron chi connectivity index (χ4n) is 3.76. The fourth-order valence-corrected chi connectivity index (χ4v) is 4.50. The monoisotopic (exact) mass is 446 g/mol. The quantitative estimate of drug-likeness (QED) is 0.383. The summed E-state index contributed by atoms with van der Waals surface area (Å²) in [6.45, 7) is 2.15. The van der Waals surface area contributed by atoms with E-state index in [9.17, 15) is 13.2 Å². The van der Waals surface area contributed by atoms with Crippen molar-refractivity contribution < 1.29 is 22.7 Å². The summed E-state index contributed by atoms with van der Waals surface area (Å²) >= 11 is 0. The Morgan fingerprint density at radius 1 is 1.16 bits per heavy atom. The molecule has 0 spiro atoms. The van der Waals surface area contributed by atoms with Crippen molar-refractivity contribution in [1.29, 1.82) is 0 Å². The average molecular weight is 447 g/mol. The van der Waals surface area contributed by atoms with Crippen molar-refractivity contribution in [3.8, 4) is 11.5 Å². The summed E-state index contributed by atoms with van der Waals surface area (Å²) in [6.07, 6.45) is 4.51. The Bertz CT molecular complexity index is 1020. The standard InChI is InChI=1S/C23H30N2O5S/c1-29-21-9-5-4-7-17(21)10-13-25-12-6-2-3-8-20(26)19-15-18-11-14-30-23(18)22(16-19)31(24,27)28/h4-5,7,9,15-16,25H,2-3,6,8,10-14H2,1H3,(H2,24,27,28). The van der Waals surface area contributed by atoms with Crippen LogP contribution in [-0.2, 0) is 22.9 Å². The van der Waals surface area contributed by atoms with E-state index in [2.05, 4.69) is 11.4 Å². The number of hydrogen-bond acceptors (Lipinski definition) is 6. The van der Waals surface area contributed by atoms with Gasteiger partial charge >= 0.3 is 0 Å². The summed E-state index contributed by atoms with van der Waals surface area (Å²) < 4.78 is 34.5. The van der Waals surface area contributed by atoms with E-state index in [1.165, 1.54) is 11.6 Å². The molecule has 7 nitrogen and oxygen atoms in total. The fraction of sp³-hybridized carbons (Fsp3) is 0.435. The van der Waals surface area contributed by atoms with Crippen LogP contribution in [0.4, 0.5) is 0 Å². The zero-order chi connectivity index (χ0) is 22.3. The minimum Gasteiger partial charge on any atom is -0.496 e. The highest BCUT2D eigenvalue weighted by Gasteiger charge is 2.25. The third-order valence-corrected chi connectivity index (χ3v) is 6.32. The molecule has 168 valence electrons. The molecule has 0 aliphatic carbocycles. The first-order valence-electron chi connectivity index (χ1n) is 10.6. The van der Waals surface area contributed by atoms with Crippen LogP contribution < -0.4 is 19.9 Å². The third-order valence-electron chi connectivity index (χ3n) is 5.40. The number of rotatable bonds is 12. The molecule has 0 aromatic heterocycles. The van der Waals surface area contributed by atoms with Crippen LogP contribution in [0.1, 0.15) is 47.2 Å². The van der Waals surface area contributed by atoms with E-state index in [1.807, 2.05) is 18.2 Å². The molecular weight excluding hydrogens is 416 g/mol. The first-order chi connectivity index (χ1) is 14.9. The largest absolute Gasteiger partial charge is 0.496 e. The molecule has 2 aromatic rings. The Morgan fingerprint density at radius 3 is 2.74 bits per heavy atom. The number of sulfonamides is 1. The highest BCUT2D eigenvalue weighted by Crippen LogP contribution is 2.34. The number of para-hydroxylation sites is 1. The van der Waals surface area contributed by atoms with E-state index in [4.69, 9.17) is 14.6 Å². The van der Waals surface area contributed by atoms with E-state index in [0.717, 1.165) is 50.1 Å². The van der Waals surface area contributed by atoms with Gasteiger partial charge in [-0.15, -0.1) is 0 Å². The minimum absolute atomic E-state index is 0.0660. The highest BCUT2D eigenvalue weighted by atomic mass is 32.2. The normalized spacial score (nSPS) is 13.0. The molecule has 3 rings (SSSR count). The van der Waals surface area contributed by atoms with Gasteiger partial charge in [0.25, 0.3) is 0 Å². The van der Waals surface area contributed by atoms with Crippen LogP contribution in [0.2, 0.25) is 0 Å². The number of benzene rings is 2. The van der Waals surface area contributed by atoms with Crippen LogP contribution in [-0.4, -0.2) is 41.0 Å². The van der Waals surface area contributed by atoms with Gasteiger partial charge in [-0.25, -0.2) is 13.6 Å². The Kier molecular flexibility index (Phi) is 8.06. The second kappa shape index (κ2) is 10.7. The van der Waals surface area contributed by atoms with Gasteiger partial charge < -0.3 is 14.8 Å². The number of hydrogen-bond donors (Lipinski definition) is 2. The molecule has 0 saturated heterocycles. The second-order valence-corrected chi connectivity index (χ2v) is 9.18. The highest BCUT2D eigenvalue weighted by molar-refractivity contribution is 7.89. The lowest BCUT2D eigenvalue weighted by molar-refractivity contribution is 0.0979. The van der Waals surface area contributed by atoms with E-state index >= 15 is 0 Å². The second-order valence-electron chi connectivity index (χ2n) is 7.65. The SMILES string of the molecule is COc1ccccc1CCNCCCCCC(=O)c1cc2c(c(S(N)(=O)=O)c1)OCC2. The van der Waals surface area contributed by atoms with E-state index in [-0.39, 0.29) is 10.7 Å². The van der Waals surface area contributed by atoms with Crippen molar-refractivity contribution in [3.63, 3.8) is 0 Å². The van der Waals surface area contributed by atoms with Crippen molar-refractivity contribution in [3.05, 3.63) is 53.1 Å². The number of methoxy groups -OCH3 is 1. The third kappa shape index (κ3) is 6.29. The number of unbranched alkanes of at least 4 members (excludes halogenated alkanes) is 2. The van der Waals surface area contributed by atoms with E-state index < -0.39 is 10.0 Å². The molecule has 0 amide bonds. The molecule has 0 atom stereocenters. The number of ether oxygens (including phenoxy) is 2. The van der Waals surface area contributed by atoms with Gasteiger partial charge in [-0.3, -0.25) is 4.79 Å². The maximum atomic E-state index is 12.6. The van der Waals surface area contributed by atoms with E-state index in [1.54, 1.807) is 13.2 Å². The van der Waals surface area contributed by atoms with Gasteiger partial charge in [0.2, 0.25) is 10.0 Å². The van der Waals surface area contributed by atoms with Crippen LogP contribution in [0, 0.1) is 0 Å². The van der Waals surface area contributed by atoms with Crippen LogP contribution in [0.5, 0.6) is 11.5 Å². The summed E-state index contributed by atoms with van der Waals surface area (Å²) in [4.78, 5) is 12.5. The molecule has 0 saturated carbocycles. The number of ketones is 1. The molecule has 2 aromatic carbocycles. The molecule has 1 aliphatic heterocycles. The number of carbonyl (C=O) groups excluding carboxylic acids is 1. The Balaban J connectivity index is 1.39. The lowest BCUT2D eigenvalue weighted by atomic mass is 10.0. The Hall–Kier alpha value is -2.42. The van der Waals surface area contributed by atoms with Crippen LogP contribution in [0.3, 0.4) is 0 Å². The predicted molar refractivity (Wildman–Crippen MR) is 119 cm³/mol. The zero-order valence-corrected chi connectivity index (χ0v) is 18.7.